The Bertz CT molecular complexity index is 453. The summed E-state index contributed by atoms with van der Waals surface area (Å²) in [4.78, 5) is 8.43. The molecule has 0 atom stereocenters. The Hall–Kier alpha value is -0.750. The Labute approximate surface area is 87.7 Å². The number of nitrogen functional groups attached to an aromatic ring is 1. The number of anilines is 1. The van der Waals surface area contributed by atoms with Gasteiger partial charge in [-0.15, -0.1) is 11.8 Å². The lowest BCUT2D eigenvalue weighted by Crippen LogP contribution is -2.00. The summed E-state index contributed by atoms with van der Waals surface area (Å²) in [5.74, 6) is 0.574. The number of halogens is 1. The van der Waals surface area contributed by atoms with E-state index in [4.69, 9.17) is 5.73 Å². The van der Waals surface area contributed by atoms with Crippen LogP contribution in [0.25, 0.3) is 5.65 Å². The molecule has 2 aromatic rings. The van der Waals surface area contributed by atoms with E-state index in [-0.39, 0.29) is 0 Å². The fraction of sp³-hybridized carbons (Fsp3) is 0.143. The van der Waals surface area contributed by atoms with Crippen LogP contribution in [0.3, 0.4) is 0 Å². The van der Waals surface area contributed by atoms with Crippen molar-refractivity contribution in [1.82, 2.24) is 14.4 Å². The highest BCUT2D eigenvalue weighted by Gasteiger charge is 2.09. The number of nitrogens with two attached hydrogens (primary N) is 1. The average molecular weight is 259 g/mol. The first-order valence-electron chi connectivity index (χ1n) is 3.56. The number of aromatic nitrogens is 3. The monoisotopic (exact) mass is 258 g/mol. The SMILES string of the molecule is CSc1nc(Br)c(N)n2ccnc12. The molecule has 2 aromatic heterocycles. The number of hydrogen-bond donors (Lipinski definition) is 1. The molecule has 0 fully saturated rings. The maximum atomic E-state index is 5.79. The molecule has 0 aromatic carbocycles. The van der Waals surface area contributed by atoms with Gasteiger partial charge in [0.05, 0.1) is 0 Å². The van der Waals surface area contributed by atoms with Gasteiger partial charge in [0, 0.05) is 12.4 Å². The molecule has 2 N–H and O–H groups in total. The molecule has 0 saturated carbocycles. The predicted octanol–water partition coefficient (Wildman–Crippen LogP) is 1.80. The highest BCUT2D eigenvalue weighted by atomic mass is 79.9. The second-order valence-corrected chi connectivity index (χ2v) is 3.96. The van der Waals surface area contributed by atoms with E-state index in [0.717, 1.165) is 10.7 Å². The van der Waals surface area contributed by atoms with Crippen LogP contribution in [0.1, 0.15) is 0 Å². The minimum Gasteiger partial charge on any atom is -0.383 e. The normalized spacial score (nSPS) is 10.9. The smallest absolute Gasteiger partial charge is 0.171 e. The number of hydrogen-bond acceptors (Lipinski definition) is 4. The second kappa shape index (κ2) is 3.19. The highest BCUT2D eigenvalue weighted by Crippen LogP contribution is 2.25. The Kier molecular flexibility index (Phi) is 2.17. The topological polar surface area (TPSA) is 56.2 Å². The van der Waals surface area contributed by atoms with Gasteiger partial charge >= 0.3 is 0 Å². The Morgan fingerprint density at radius 2 is 2.38 bits per heavy atom. The number of nitrogens with zero attached hydrogens (tertiary/aromatic N) is 3. The average Bonchev–Trinajstić information content (AvgIpc) is 2.60. The van der Waals surface area contributed by atoms with Gasteiger partial charge in [-0.25, -0.2) is 9.97 Å². The Morgan fingerprint density at radius 3 is 3.08 bits per heavy atom. The van der Waals surface area contributed by atoms with E-state index < -0.39 is 0 Å². The number of thioether (sulfide) groups is 1. The molecular weight excluding hydrogens is 252 g/mol. The molecule has 2 heterocycles. The van der Waals surface area contributed by atoms with Crippen LogP contribution >= 0.6 is 27.7 Å². The second-order valence-electron chi connectivity index (χ2n) is 2.42. The van der Waals surface area contributed by atoms with Crippen molar-refractivity contribution in [3.8, 4) is 0 Å². The first-order chi connectivity index (χ1) is 6.24. The summed E-state index contributed by atoms with van der Waals surface area (Å²) >= 11 is 4.84. The lowest BCUT2D eigenvalue weighted by Gasteiger charge is -2.04. The summed E-state index contributed by atoms with van der Waals surface area (Å²) in [6.07, 6.45) is 5.48. The van der Waals surface area contributed by atoms with Crippen LogP contribution in [0.5, 0.6) is 0 Å². The van der Waals surface area contributed by atoms with E-state index in [1.807, 2.05) is 16.9 Å². The molecule has 4 nitrogen and oxygen atoms in total. The molecule has 68 valence electrons. The molecule has 13 heavy (non-hydrogen) atoms. The van der Waals surface area contributed by atoms with E-state index in [1.54, 1.807) is 18.0 Å². The molecule has 2 rings (SSSR count). The number of imidazole rings is 1. The number of fused-ring (bicyclic) bond motifs is 1. The first-order valence-corrected chi connectivity index (χ1v) is 5.58. The van der Waals surface area contributed by atoms with Crippen LogP contribution in [0.2, 0.25) is 0 Å². The molecule has 0 radical (unpaired) electrons. The summed E-state index contributed by atoms with van der Waals surface area (Å²) in [7, 11) is 0. The van der Waals surface area contributed by atoms with Gasteiger partial charge in [0.1, 0.15) is 15.4 Å². The molecule has 6 heteroatoms. The van der Waals surface area contributed by atoms with Crippen LogP contribution in [0, 0.1) is 0 Å². The quantitative estimate of drug-likeness (QED) is 0.793. The zero-order chi connectivity index (χ0) is 9.42. The van der Waals surface area contributed by atoms with E-state index in [9.17, 15) is 0 Å². The van der Waals surface area contributed by atoms with Crippen molar-refractivity contribution < 1.29 is 0 Å². The summed E-state index contributed by atoms with van der Waals surface area (Å²) in [6, 6.07) is 0. The van der Waals surface area contributed by atoms with Crippen LogP contribution in [0.4, 0.5) is 5.82 Å². The summed E-state index contributed by atoms with van der Waals surface area (Å²) in [5, 5.41) is 0.867. The van der Waals surface area contributed by atoms with E-state index >= 15 is 0 Å². The van der Waals surface area contributed by atoms with Crippen molar-refractivity contribution >= 4 is 39.2 Å². The van der Waals surface area contributed by atoms with Crippen molar-refractivity contribution in [2.45, 2.75) is 5.03 Å². The maximum Gasteiger partial charge on any atom is 0.171 e. The third-order valence-corrected chi connectivity index (χ3v) is 2.94. The predicted molar refractivity (Wildman–Crippen MR) is 56.9 cm³/mol. The molecule has 0 aliphatic rings. The lowest BCUT2D eigenvalue weighted by molar-refractivity contribution is 1.02. The van der Waals surface area contributed by atoms with Gasteiger partial charge in [0.2, 0.25) is 0 Å². The third-order valence-electron chi connectivity index (χ3n) is 1.70. The summed E-state index contributed by atoms with van der Waals surface area (Å²) < 4.78 is 2.46. The van der Waals surface area contributed by atoms with Crippen LogP contribution in [-0.4, -0.2) is 20.6 Å². The van der Waals surface area contributed by atoms with E-state index in [1.165, 1.54) is 0 Å². The molecular formula is C7H7BrN4S. The molecule has 0 aliphatic carbocycles. The van der Waals surface area contributed by atoms with Gasteiger partial charge in [-0.05, 0) is 22.2 Å². The fourth-order valence-electron chi connectivity index (χ4n) is 1.09. The molecule has 0 unspecified atom stereocenters. The van der Waals surface area contributed by atoms with Crippen LogP contribution in [-0.2, 0) is 0 Å². The standard InChI is InChI=1S/C7H7BrN4S/c1-13-7-6-10-2-3-12(6)5(9)4(8)11-7/h2-3H,9H2,1H3. The van der Waals surface area contributed by atoms with Gasteiger partial charge in [0.25, 0.3) is 0 Å². The largest absolute Gasteiger partial charge is 0.383 e. The Balaban J connectivity index is 2.87. The van der Waals surface area contributed by atoms with Gasteiger partial charge < -0.3 is 5.73 Å². The van der Waals surface area contributed by atoms with E-state index in [2.05, 4.69) is 25.9 Å². The fourth-order valence-corrected chi connectivity index (χ4v) is 2.09. The van der Waals surface area contributed by atoms with Crippen molar-refractivity contribution in [3.63, 3.8) is 0 Å². The van der Waals surface area contributed by atoms with Crippen molar-refractivity contribution in [2.75, 3.05) is 12.0 Å². The van der Waals surface area contributed by atoms with Gasteiger partial charge in [0.15, 0.2) is 5.65 Å². The van der Waals surface area contributed by atoms with Gasteiger partial charge in [-0.1, -0.05) is 0 Å². The molecule has 0 bridgehead atoms. The summed E-state index contributed by atoms with van der Waals surface area (Å²) in [6.45, 7) is 0. The zero-order valence-electron chi connectivity index (χ0n) is 6.86. The minimum atomic E-state index is 0.574. The van der Waals surface area contributed by atoms with Crippen molar-refractivity contribution in [2.24, 2.45) is 0 Å². The molecule has 0 amide bonds. The molecule has 0 aliphatic heterocycles. The Morgan fingerprint density at radius 1 is 1.62 bits per heavy atom. The molecule has 0 spiro atoms. The first kappa shape index (κ1) is 8.83. The minimum absolute atomic E-state index is 0.574. The highest BCUT2D eigenvalue weighted by molar-refractivity contribution is 9.10. The van der Waals surface area contributed by atoms with Crippen LogP contribution < -0.4 is 5.73 Å². The zero-order valence-corrected chi connectivity index (χ0v) is 9.26. The van der Waals surface area contributed by atoms with Crippen molar-refractivity contribution in [3.05, 3.63) is 17.0 Å². The van der Waals surface area contributed by atoms with Crippen LogP contribution in [0.15, 0.2) is 22.0 Å². The lowest BCUT2D eigenvalue weighted by atomic mass is 10.6. The van der Waals surface area contributed by atoms with Gasteiger partial charge in [-0.2, -0.15) is 0 Å². The van der Waals surface area contributed by atoms with Gasteiger partial charge in [-0.3, -0.25) is 4.40 Å². The third kappa shape index (κ3) is 1.30. The van der Waals surface area contributed by atoms with Crippen molar-refractivity contribution in [1.29, 1.82) is 0 Å². The summed E-state index contributed by atoms with van der Waals surface area (Å²) in [5.41, 5.74) is 6.59. The maximum absolute atomic E-state index is 5.79. The number of rotatable bonds is 1. The molecule has 0 saturated heterocycles. The van der Waals surface area contributed by atoms with E-state index in [0.29, 0.717) is 10.4 Å².